The van der Waals surface area contributed by atoms with Gasteiger partial charge >= 0.3 is 6.03 Å². The average molecular weight is 453 g/mol. The number of fused-ring (bicyclic) bond motifs is 3. The topological polar surface area (TPSA) is 74.0 Å². The lowest BCUT2D eigenvalue weighted by atomic mass is 9.95. The summed E-state index contributed by atoms with van der Waals surface area (Å²) in [4.78, 5) is 14.2. The van der Waals surface area contributed by atoms with E-state index < -0.39 is 61.2 Å². The number of amides is 2. The summed E-state index contributed by atoms with van der Waals surface area (Å²) in [6.07, 6.45) is -1.35. The van der Waals surface area contributed by atoms with Crippen molar-refractivity contribution in [3.8, 4) is 6.07 Å². The highest BCUT2D eigenvalue weighted by Gasteiger charge is 2.48. The lowest BCUT2D eigenvalue weighted by Crippen LogP contribution is -2.45. The predicted octanol–water partition coefficient (Wildman–Crippen LogP) is 4.44. The molecule has 170 valence electrons. The number of benzene rings is 1. The molecule has 1 aromatic heterocycles. The number of aromatic nitrogens is 2. The number of hydrogen-bond acceptors (Lipinski definition) is 3. The molecule has 3 heterocycles. The predicted molar refractivity (Wildman–Crippen MR) is 104 cm³/mol. The number of nitriles is 1. The minimum absolute atomic E-state index is 0.128. The maximum absolute atomic E-state index is 14.9. The number of anilines is 1. The fourth-order valence-corrected chi connectivity index (χ4v) is 4.23. The second-order valence-corrected chi connectivity index (χ2v) is 8.34. The molecule has 2 aliphatic heterocycles. The van der Waals surface area contributed by atoms with Gasteiger partial charge in [0, 0.05) is 30.1 Å². The van der Waals surface area contributed by atoms with Crippen molar-refractivity contribution in [2.45, 2.75) is 56.9 Å². The van der Waals surface area contributed by atoms with Gasteiger partial charge < -0.3 is 10.2 Å². The molecule has 0 aliphatic carbocycles. The first-order valence-electron chi connectivity index (χ1n) is 10.1. The largest absolute Gasteiger partial charge is 0.322 e. The van der Waals surface area contributed by atoms with Gasteiger partial charge in [-0.3, -0.25) is 4.68 Å². The number of nitrogens with zero attached hydrogens (tertiary/aromatic N) is 4. The molecule has 0 spiro atoms. The quantitative estimate of drug-likeness (QED) is 0.684. The molecule has 1 aromatic carbocycles. The fraction of sp³-hybridized carbons (Fsp3) is 0.476. The minimum Gasteiger partial charge on any atom is -0.317 e. The minimum atomic E-state index is -3.43. The summed E-state index contributed by atoms with van der Waals surface area (Å²) in [6, 6.07) is 4.12. The van der Waals surface area contributed by atoms with Gasteiger partial charge in [-0.25, -0.2) is 18.0 Å². The van der Waals surface area contributed by atoms with E-state index >= 15 is 0 Å². The van der Waals surface area contributed by atoms with E-state index in [0.717, 1.165) is 10.7 Å². The lowest BCUT2D eigenvalue weighted by molar-refractivity contribution is -0.0292. The van der Waals surface area contributed by atoms with E-state index in [1.54, 1.807) is 13.0 Å². The summed E-state index contributed by atoms with van der Waals surface area (Å²) in [7, 11) is 0. The van der Waals surface area contributed by atoms with Crippen molar-refractivity contribution in [2.24, 2.45) is 0 Å². The lowest BCUT2D eigenvalue weighted by Gasteiger charge is -2.33. The van der Waals surface area contributed by atoms with Crippen molar-refractivity contribution in [1.29, 1.82) is 5.26 Å². The molecule has 0 saturated carbocycles. The Morgan fingerprint density at radius 3 is 2.78 bits per heavy atom. The van der Waals surface area contributed by atoms with Gasteiger partial charge in [-0.1, -0.05) is 0 Å². The molecule has 2 aliphatic rings. The third kappa shape index (κ3) is 3.78. The Morgan fingerprint density at radius 1 is 1.34 bits per heavy atom. The molecule has 11 heteroatoms. The SMILES string of the molecule is C[C@@H]1Cc2nn3c(c2CN1C(=O)Nc1ccc(F)c(C#N)c1)C(F)(F)CC[C@@](F)(CF)C3. The van der Waals surface area contributed by atoms with Gasteiger partial charge in [-0.15, -0.1) is 0 Å². The van der Waals surface area contributed by atoms with Crippen molar-refractivity contribution in [3.05, 3.63) is 46.5 Å². The van der Waals surface area contributed by atoms with Crippen LogP contribution in [0.2, 0.25) is 0 Å². The van der Waals surface area contributed by atoms with E-state index in [1.165, 1.54) is 17.0 Å². The smallest absolute Gasteiger partial charge is 0.317 e. The Bertz CT molecular complexity index is 1110. The van der Waals surface area contributed by atoms with E-state index in [4.69, 9.17) is 5.26 Å². The highest BCUT2D eigenvalue weighted by molar-refractivity contribution is 5.90. The van der Waals surface area contributed by atoms with Gasteiger partial charge in [0.15, 0.2) is 5.67 Å². The third-order valence-corrected chi connectivity index (χ3v) is 5.99. The second-order valence-electron chi connectivity index (χ2n) is 8.34. The van der Waals surface area contributed by atoms with Crippen LogP contribution < -0.4 is 5.32 Å². The van der Waals surface area contributed by atoms with Crippen LogP contribution in [0.15, 0.2) is 18.2 Å². The molecular formula is C21H20F5N5O. The summed E-state index contributed by atoms with van der Waals surface area (Å²) >= 11 is 0. The van der Waals surface area contributed by atoms with Crippen LogP contribution in [0.3, 0.4) is 0 Å². The number of rotatable bonds is 2. The molecule has 1 N–H and O–H groups in total. The molecule has 2 aromatic rings. The zero-order chi connectivity index (χ0) is 23.3. The van der Waals surface area contributed by atoms with Crippen LogP contribution in [0, 0.1) is 17.1 Å². The number of urea groups is 1. The number of halogens is 5. The van der Waals surface area contributed by atoms with E-state index in [9.17, 15) is 26.7 Å². The average Bonchev–Trinajstić information content (AvgIpc) is 3.05. The number of carbonyl (C=O) groups excluding carboxylic acids is 1. The van der Waals surface area contributed by atoms with Crippen LogP contribution in [0.4, 0.5) is 32.4 Å². The number of alkyl halides is 4. The van der Waals surface area contributed by atoms with Crippen LogP contribution >= 0.6 is 0 Å². The van der Waals surface area contributed by atoms with Crippen LogP contribution in [0.25, 0.3) is 0 Å². The highest BCUT2D eigenvalue weighted by Crippen LogP contribution is 2.44. The summed E-state index contributed by atoms with van der Waals surface area (Å²) in [6.45, 7) is -0.499. The van der Waals surface area contributed by atoms with Gasteiger partial charge in [-0.2, -0.15) is 19.1 Å². The third-order valence-electron chi connectivity index (χ3n) is 5.99. The number of carbonyl (C=O) groups is 1. The summed E-state index contributed by atoms with van der Waals surface area (Å²) in [5.74, 6) is -4.16. The molecule has 0 saturated heterocycles. The first-order valence-corrected chi connectivity index (χ1v) is 10.1. The molecule has 4 rings (SSSR count). The van der Waals surface area contributed by atoms with Gasteiger partial charge in [0.05, 0.1) is 24.3 Å². The zero-order valence-electron chi connectivity index (χ0n) is 17.1. The fourth-order valence-electron chi connectivity index (χ4n) is 4.23. The zero-order valence-corrected chi connectivity index (χ0v) is 17.1. The Morgan fingerprint density at radius 2 is 2.09 bits per heavy atom. The molecule has 0 radical (unpaired) electrons. The van der Waals surface area contributed by atoms with Crippen LogP contribution in [-0.4, -0.2) is 39.1 Å². The van der Waals surface area contributed by atoms with Crippen LogP contribution in [0.1, 0.15) is 42.3 Å². The molecule has 0 fully saturated rings. The van der Waals surface area contributed by atoms with E-state index in [-0.39, 0.29) is 29.8 Å². The second kappa shape index (κ2) is 7.76. The molecule has 0 bridgehead atoms. The Labute approximate surface area is 180 Å². The first-order chi connectivity index (χ1) is 15.1. The number of hydrogen-bond donors (Lipinski definition) is 1. The Kier molecular flexibility index (Phi) is 5.35. The summed E-state index contributed by atoms with van der Waals surface area (Å²) in [5, 5.41) is 15.6. The van der Waals surface area contributed by atoms with Crippen molar-refractivity contribution < 1.29 is 26.7 Å². The monoisotopic (exact) mass is 453 g/mol. The summed E-state index contributed by atoms with van der Waals surface area (Å²) < 4.78 is 72.1. The van der Waals surface area contributed by atoms with Gasteiger partial charge in [0.2, 0.25) is 0 Å². The molecule has 2 amide bonds. The van der Waals surface area contributed by atoms with E-state index in [2.05, 4.69) is 10.4 Å². The normalized spacial score (nSPS) is 24.2. The van der Waals surface area contributed by atoms with Gasteiger partial charge in [0.1, 0.15) is 24.3 Å². The molecule has 32 heavy (non-hydrogen) atoms. The van der Waals surface area contributed by atoms with Crippen molar-refractivity contribution in [3.63, 3.8) is 0 Å². The van der Waals surface area contributed by atoms with Crippen molar-refractivity contribution in [2.75, 3.05) is 12.0 Å². The van der Waals surface area contributed by atoms with E-state index in [0.29, 0.717) is 5.69 Å². The first kappa shape index (κ1) is 22.0. The molecular weight excluding hydrogens is 433 g/mol. The molecule has 0 unspecified atom stereocenters. The number of nitrogens with one attached hydrogen (secondary N) is 1. The maximum Gasteiger partial charge on any atom is 0.322 e. The van der Waals surface area contributed by atoms with Crippen LogP contribution in [-0.2, 0) is 25.4 Å². The summed E-state index contributed by atoms with van der Waals surface area (Å²) in [5.41, 5.74) is -2.53. The van der Waals surface area contributed by atoms with Crippen molar-refractivity contribution in [1.82, 2.24) is 14.7 Å². The highest BCUT2D eigenvalue weighted by atomic mass is 19.3. The van der Waals surface area contributed by atoms with Crippen LogP contribution in [0.5, 0.6) is 0 Å². The van der Waals surface area contributed by atoms with Gasteiger partial charge in [0.25, 0.3) is 5.92 Å². The standard InChI is InChI=1S/C21H20F5N5O/c1-12-6-17-15(18-21(25,26)5-4-20(24,10-22)11-31(18)29-17)9-30(12)19(32)28-14-2-3-16(23)13(7-14)8-27/h2-3,7,12H,4-6,9-11H2,1H3,(H,28,32)/t12-,20-/m1/s1. The molecule has 6 nitrogen and oxygen atoms in total. The van der Waals surface area contributed by atoms with Crippen molar-refractivity contribution >= 4 is 11.7 Å². The Hall–Kier alpha value is -3.16. The van der Waals surface area contributed by atoms with Gasteiger partial charge in [-0.05, 0) is 31.5 Å². The van der Waals surface area contributed by atoms with E-state index in [1.807, 2.05) is 0 Å². The maximum atomic E-state index is 14.9. The molecule has 2 atom stereocenters. The Balaban J connectivity index is 1.64.